The average molecular weight is 345 g/mol. The van der Waals surface area contributed by atoms with Crippen LogP contribution in [0, 0.1) is 5.92 Å². The van der Waals surface area contributed by atoms with E-state index in [0.717, 1.165) is 19.4 Å². The molecule has 1 rings (SSSR count). The molecule has 7 nitrogen and oxygen atoms in total. The third kappa shape index (κ3) is 6.39. The number of hydrogen-bond donors (Lipinski definition) is 4. The second-order valence-electron chi connectivity index (χ2n) is 6.06. The zero-order chi connectivity index (χ0) is 17.4. The fourth-order valence-electron chi connectivity index (χ4n) is 2.45. The molecular weight excluding hydrogens is 318 g/mol. The number of carbonyl (C=O) groups excluding carboxylic acids is 2. The van der Waals surface area contributed by atoms with Crippen LogP contribution >= 0.6 is 11.8 Å². The quantitative estimate of drug-likeness (QED) is 0.476. The van der Waals surface area contributed by atoms with Gasteiger partial charge >= 0.3 is 5.97 Å². The highest BCUT2D eigenvalue weighted by atomic mass is 32.2. The van der Waals surface area contributed by atoms with Gasteiger partial charge in [0.15, 0.2) is 0 Å². The van der Waals surface area contributed by atoms with E-state index in [-0.39, 0.29) is 17.9 Å². The average Bonchev–Trinajstić information content (AvgIpc) is 3.02. The molecule has 1 aliphatic heterocycles. The van der Waals surface area contributed by atoms with Crippen LogP contribution < -0.4 is 16.0 Å². The van der Waals surface area contributed by atoms with Crippen molar-refractivity contribution < 1.29 is 19.5 Å². The fourth-order valence-corrected chi connectivity index (χ4v) is 2.92. The first-order valence-electron chi connectivity index (χ1n) is 7.92. The van der Waals surface area contributed by atoms with Gasteiger partial charge in [0.05, 0.1) is 6.04 Å². The minimum Gasteiger partial charge on any atom is -0.480 e. The third-order valence-electron chi connectivity index (χ3n) is 3.85. The lowest BCUT2D eigenvalue weighted by Gasteiger charge is -2.24. The Bertz CT molecular complexity index is 425. The molecule has 0 bridgehead atoms. The summed E-state index contributed by atoms with van der Waals surface area (Å²) in [7, 11) is 0. The molecule has 3 unspecified atom stereocenters. The highest BCUT2D eigenvalue weighted by molar-refractivity contribution is 7.98. The Kier molecular flexibility index (Phi) is 8.40. The van der Waals surface area contributed by atoms with Gasteiger partial charge in [-0.25, -0.2) is 4.79 Å². The first-order valence-corrected chi connectivity index (χ1v) is 9.32. The SMILES string of the molecule is CSCCC(NC(=O)C1CCCN1)C(=O)NC(C(=O)O)C(C)C. The van der Waals surface area contributed by atoms with Gasteiger partial charge in [-0.1, -0.05) is 13.8 Å². The van der Waals surface area contributed by atoms with E-state index < -0.39 is 24.0 Å². The molecule has 1 heterocycles. The maximum absolute atomic E-state index is 12.4. The molecule has 1 saturated heterocycles. The maximum atomic E-state index is 12.4. The lowest BCUT2D eigenvalue weighted by molar-refractivity contribution is -0.143. The van der Waals surface area contributed by atoms with Crippen LogP contribution in [-0.4, -0.2) is 59.6 Å². The van der Waals surface area contributed by atoms with Crippen molar-refractivity contribution in [1.29, 1.82) is 0 Å². The van der Waals surface area contributed by atoms with Gasteiger partial charge in [-0.15, -0.1) is 0 Å². The highest BCUT2D eigenvalue weighted by Crippen LogP contribution is 2.08. The van der Waals surface area contributed by atoms with Crippen LogP contribution in [0.1, 0.15) is 33.1 Å². The second kappa shape index (κ2) is 9.77. The van der Waals surface area contributed by atoms with Gasteiger partial charge in [0.2, 0.25) is 11.8 Å². The number of carboxylic acid groups (broad SMARTS) is 1. The molecule has 0 aromatic rings. The molecule has 8 heteroatoms. The smallest absolute Gasteiger partial charge is 0.326 e. The predicted octanol–water partition coefficient (Wildman–Crippen LogP) is 0.202. The summed E-state index contributed by atoms with van der Waals surface area (Å²) in [4.78, 5) is 35.8. The Labute approximate surface area is 141 Å². The standard InChI is InChI=1S/C15H27N3O4S/c1-9(2)12(15(21)22)18-14(20)11(6-8-23-3)17-13(19)10-5-4-7-16-10/h9-12,16H,4-8H2,1-3H3,(H,17,19)(H,18,20)(H,21,22). The number of rotatable bonds is 9. The highest BCUT2D eigenvalue weighted by Gasteiger charge is 2.30. The third-order valence-corrected chi connectivity index (χ3v) is 4.49. The fraction of sp³-hybridized carbons (Fsp3) is 0.800. The van der Waals surface area contributed by atoms with Gasteiger partial charge in [-0.3, -0.25) is 9.59 Å². The number of thioether (sulfide) groups is 1. The molecule has 0 saturated carbocycles. The molecule has 2 amide bonds. The van der Waals surface area contributed by atoms with Crippen molar-refractivity contribution in [1.82, 2.24) is 16.0 Å². The maximum Gasteiger partial charge on any atom is 0.326 e. The Balaban J connectivity index is 2.68. The Morgan fingerprint density at radius 3 is 2.48 bits per heavy atom. The Hall–Kier alpha value is -1.28. The molecule has 0 radical (unpaired) electrons. The molecule has 132 valence electrons. The van der Waals surface area contributed by atoms with Crippen molar-refractivity contribution in [2.24, 2.45) is 5.92 Å². The molecule has 1 aliphatic rings. The van der Waals surface area contributed by atoms with E-state index in [1.165, 1.54) is 0 Å². The minimum absolute atomic E-state index is 0.194. The normalized spacial score (nSPS) is 20.1. The number of nitrogens with one attached hydrogen (secondary N) is 3. The van der Waals surface area contributed by atoms with E-state index in [1.807, 2.05) is 6.26 Å². The number of amides is 2. The molecule has 3 atom stereocenters. The summed E-state index contributed by atoms with van der Waals surface area (Å²) in [6.45, 7) is 4.27. The molecule has 0 aliphatic carbocycles. The zero-order valence-corrected chi connectivity index (χ0v) is 14.7. The summed E-state index contributed by atoms with van der Waals surface area (Å²) in [5.41, 5.74) is 0. The summed E-state index contributed by atoms with van der Waals surface area (Å²) in [5, 5.41) is 17.6. The van der Waals surface area contributed by atoms with E-state index in [4.69, 9.17) is 0 Å². The summed E-state index contributed by atoms with van der Waals surface area (Å²) in [6, 6.07) is -1.93. The van der Waals surface area contributed by atoms with Gasteiger partial charge in [0.1, 0.15) is 12.1 Å². The summed E-state index contributed by atoms with van der Waals surface area (Å²) in [5.74, 6) is -1.23. The summed E-state index contributed by atoms with van der Waals surface area (Å²) >= 11 is 1.57. The molecule has 4 N–H and O–H groups in total. The monoisotopic (exact) mass is 345 g/mol. The lowest BCUT2D eigenvalue weighted by atomic mass is 10.0. The van der Waals surface area contributed by atoms with Crippen LogP contribution in [0.4, 0.5) is 0 Å². The topological polar surface area (TPSA) is 108 Å². The van der Waals surface area contributed by atoms with E-state index in [0.29, 0.717) is 12.2 Å². The number of carboxylic acids is 1. The first kappa shape index (κ1) is 19.8. The van der Waals surface area contributed by atoms with Gasteiger partial charge in [-0.05, 0) is 43.7 Å². The minimum atomic E-state index is -1.07. The first-order chi connectivity index (χ1) is 10.9. The van der Waals surface area contributed by atoms with E-state index in [9.17, 15) is 19.5 Å². The second-order valence-corrected chi connectivity index (χ2v) is 7.05. The Morgan fingerprint density at radius 1 is 1.30 bits per heavy atom. The molecular formula is C15H27N3O4S. The Morgan fingerprint density at radius 2 is 2.00 bits per heavy atom. The van der Waals surface area contributed by atoms with Crippen LogP contribution in [-0.2, 0) is 14.4 Å². The van der Waals surface area contributed by atoms with E-state index in [2.05, 4.69) is 16.0 Å². The van der Waals surface area contributed by atoms with Crippen LogP contribution in [0.25, 0.3) is 0 Å². The molecule has 0 aromatic heterocycles. The number of carbonyl (C=O) groups is 3. The largest absolute Gasteiger partial charge is 0.480 e. The summed E-state index contributed by atoms with van der Waals surface area (Å²) in [6.07, 6.45) is 4.08. The van der Waals surface area contributed by atoms with Crippen LogP contribution in [0.5, 0.6) is 0 Å². The molecule has 0 aromatic carbocycles. The van der Waals surface area contributed by atoms with E-state index >= 15 is 0 Å². The lowest BCUT2D eigenvalue weighted by Crippen LogP contribution is -2.55. The van der Waals surface area contributed by atoms with E-state index in [1.54, 1.807) is 25.6 Å². The molecule has 23 heavy (non-hydrogen) atoms. The van der Waals surface area contributed by atoms with Gasteiger partial charge < -0.3 is 21.1 Å². The van der Waals surface area contributed by atoms with Gasteiger partial charge in [0.25, 0.3) is 0 Å². The number of aliphatic carboxylic acids is 1. The number of hydrogen-bond acceptors (Lipinski definition) is 5. The van der Waals surface area contributed by atoms with Crippen molar-refractivity contribution in [3.05, 3.63) is 0 Å². The van der Waals surface area contributed by atoms with Crippen molar-refractivity contribution in [3.8, 4) is 0 Å². The van der Waals surface area contributed by atoms with Crippen molar-refractivity contribution in [2.45, 2.75) is 51.2 Å². The van der Waals surface area contributed by atoms with Crippen LogP contribution in [0.2, 0.25) is 0 Å². The van der Waals surface area contributed by atoms with Crippen molar-refractivity contribution in [2.75, 3.05) is 18.6 Å². The van der Waals surface area contributed by atoms with Crippen molar-refractivity contribution >= 4 is 29.5 Å². The van der Waals surface area contributed by atoms with Crippen molar-refractivity contribution in [3.63, 3.8) is 0 Å². The zero-order valence-electron chi connectivity index (χ0n) is 13.9. The molecule has 0 spiro atoms. The predicted molar refractivity (Wildman–Crippen MR) is 90.4 cm³/mol. The molecule has 1 fully saturated rings. The summed E-state index contributed by atoms with van der Waals surface area (Å²) < 4.78 is 0. The van der Waals surface area contributed by atoms with Gasteiger partial charge in [-0.2, -0.15) is 11.8 Å². The van der Waals surface area contributed by atoms with Gasteiger partial charge in [0, 0.05) is 0 Å². The van der Waals surface area contributed by atoms with Crippen LogP contribution in [0.15, 0.2) is 0 Å². The van der Waals surface area contributed by atoms with Crippen LogP contribution in [0.3, 0.4) is 0 Å².